The van der Waals surface area contributed by atoms with Crippen LogP contribution in [0.2, 0.25) is 0 Å². The topological polar surface area (TPSA) is 41.9 Å². The second kappa shape index (κ2) is 5.30. The Morgan fingerprint density at radius 3 is 2.93 bits per heavy atom. The van der Waals surface area contributed by atoms with Crippen LogP contribution in [0.25, 0.3) is 0 Å². The third-order valence-electron chi connectivity index (χ3n) is 8.44. The molecule has 2 bridgehead atoms. The highest BCUT2D eigenvalue weighted by molar-refractivity contribution is 5.64. The summed E-state index contributed by atoms with van der Waals surface area (Å²) >= 11 is 0. The molecule has 4 heteroatoms. The number of piperidine rings is 1. The van der Waals surface area contributed by atoms with Crippen molar-refractivity contribution < 1.29 is 14.6 Å². The summed E-state index contributed by atoms with van der Waals surface area (Å²) in [6, 6.07) is 4.45. The minimum absolute atomic E-state index is 0.116. The van der Waals surface area contributed by atoms with Gasteiger partial charge in [-0.3, -0.25) is 4.90 Å². The van der Waals surface area contributed by atoms with Gasteiger partial charge in [0.15, 0.2) is 11.5 Å². The summed E-state index contributed by atoms with van der Waals surface area (Å²) in [5.41, 5.74) is 2.63. The Balaban J connectivity index is 1.53. The quantitative estimate of drug-likeness (QED) is 0.833. The molecule has 4 atom stereocenters. The molecule has 2 heterocycles. The second-order valence-electron chi connectivity index (χ2n) is 9.44. The lowest BCUT2D eigenvalue weighted by Crippen LogP contribution is -2.75. The standard InChI is InChI=1S/C23H29NO3/c1-14-8-9-23(25)18-12-16-6-7-17(26-2)20-19(16)22(23,21(14)27-20)10-11-24(18)13-15-4-3-5-15/h6-7,15,18,21,25H,1,3-5,8-13H2,2H3/t18-,21+,22+,23-/m0/s1. The number of ether oxygens (including phenoxy) is 2. The van der Waals surface area contributed by atoms with E-state index in [2.05, 4.69) is 17.5 Å². The van der Waals surface area contributed by atoms with Crippen LogP contribution in [0.4, 0.5) is 0 Å². The van der Waals surface area contributed by atoms with Gasteiger partial charge in [-0.05, 0) is 68.2 Å². The van der Waals surface area contributed by atoms with Crippen LogP contribution in [0.3, 0.4) is 0 Å². The Morgan fingerprint density at radius 1 is 1.33 bits per heavy atom. The summed E-state index contributed by atoms with van der Waals surface area (Å²) in [5, 5.41) is 12.3. The molecule has 1 aromatic carbocycles. The van der Waals surface area contributed by atoms with Crippen molar-refractivity contribution in [1.82, 2.24) is 4.90 Å². The van der Waals surface area contributed by atoms with Gasteiger partial charge in [0.1, 0.15) is 6.10 Å². The molecule has 144 valence electrons. The number of rotatable bonds is 3. The summed E-state index contributed by atoms with van der Waals surface area (Å²) in [6.45, 7) is 6.55. The van der Waals surface area contributed by atoms with E-state index in [0.29, 0.717) is 0 Å². The zero-order valence-electron chi connectivity index (χ0n) is 16.2. The number of methoxy groups -OCH3 is 1. The summed E-state index contributed by atoms with van der Waals surface area (Å²) in [7, 11) is 1.70. The van der Waals surface area contributed by atoms with Gasteiger partial charge in [-0.2, -0.15) is 0 Å². The molecular formula is C23H29NO3. The lowest BCUT2D eigenvalue weighted by Gasteiger charge is -2.63. The SMILES string of the molecule is C=C1CC[C@]2(O)[C@@H]3Cc4ccc(OC)c5c4[C@]2(CCN3CC2CCC2)[C@@H]1O5. The van der Waals surface area contributed by atoms with Gasteiger partial charge in [-0.1, -0.05) is 19.1 Å². The molecule has 5 aliphatic rings. The van der Waals surface area contributed by atoms with Crippen molar-refractivity contribution in [2.45, 2.75) is 68.1 Å². The number of likely N-dealkylation sites (tertiary alicyclic amines) is 1. The van der Waals surface area contributed by atoms with E-state index in [1.807, 2.05) is 6.07 Å². The summed E-state index contributed by atoms with van der Waals surface area (Å²) in [6.07, 6.45) is 7.48. The third kappa shape index (κ3) is 1.82. The average molecular weight is 367 g/mol. The molecule has 4 nitrogen and oxygen atoms in total. The van der Waals surface area contributed by atoms with Gasteiger partial charge in [0.2, 0.25) is 0 Å². The van der Waals surface area contributed by atoms with E-state index < -0.39 is 5.60 Å². The highest BCUT2D eigenvalue weighted by Gasteiger charge is 2.71. The molecule has 2 saturated carbocycles. The maximum Gasteiger partial charge on any atom is 0.166 e. The maximum absolute atomic E-state index is 12.3. The van der Waals surface area contributed by atoms with E-state index in [1.54, 1.807) is 7.11 Å². The fourth-order valence-electron chi connectivity index (χ4n) is 6.92. The minimum Gasteiger partial charge on any atom is -0.493 e. The molecule has 1 spiro atoms. The van der Waals surface area contributed by atoms with Crippen molar-refractivity contribution >= 4 is 0 Å². The van der Waals surface area contributed by atoms with E-state index in [4.69, 9.17) is 9.47 Å². The van der Waals surface area contributed by atoms with Crippen molar-refractivity contribution in [2.75, 3.05) is 20.2 Å². The second-order valence-corrected chi connectivity index (χ2v) is 9.44. The first-order chi connectivity index (χ1) is 13.1. The largest absolute Gasteiger partial charge is 0.493 e. The van der Waals surface area contributed by atoms with Crippen LogP contribution in [0.5, 0.6) is 11.5 Å². The van der Waals surface area contributed by atoms with Crippen LogP contribution in [0.1, 0.15) is 49.7 Å². The molecule has 2 aliphatic heterocycles. The Kier molecular flexibility index (Phi) is 3.22. The van der Waals surface area contributed by atoms with Gasteiger partial charge in [-0.25, -0.2) is 0 Å². The highest BCUT2D eigenvalue weighted by atomic mass is 16.5. The smallest absolute Gasteiger partial charge is 0.166 e. The zero-order chi connectivity index (χ0) is 18.4. The number of hydrogen-bond acceptors (Lipinski definition) is 4. The molecule has 0 unspecified atom stereocenters. The first-order valence-electron chi connectivity index (χ1n) is 10.6. The fraction of sp³-hybridized carbons (Fsp3) is 0.652. The lowest BCUT2D eigenvalue weighted by atomic mass is 9.48. The molecule has 0 aromatic heterocycles. The van der Waals surface area contributed by atoms with Crippen LogP contribution >= 0.6 is 0 Å². The van der Waals surface area contributed by atoms with Crippen molar-refractivity contribution in [1.29, 1.82) is 0 Å². The summed E-state index contributed by atoms with van der Waals surface area (Å²) < 4.78 is 12.2. The van der Waals surface area contributed by atoms with Gasteiger partial charge in [0.25, 0.3) is 0 Å². The fourth-order valence-corrected chi connectivity index (χ4v) is 6.92. The average Bonchev–Trinajstić information content (AvgIpc) is 2.98. The Morgan fingerprint density at radius 2 is 2.19 bits per heavy atom. The van der Waals surface area contributed by atoms with E-state index in [0.717, 1.165) is 61.8 Å². The van der Waals surface area contributed by atoms with Crippen LogP contribution in [-0.2, 0) is 11.8 Å². The van der Waals surface area contributed by atoms with Gasteiger partial charge in [-0.15, -0.1) is 0 Å². The predicted octanol–water partition coefficient (Wildman–Crippen LogP) is 3.21. The maximum atomic E-state index is 12.3. The van der Waals surface area contributed by atoms with E-state index in [-0.39, 0.29) is 17.6 Å². The molecule has 3 aliphatic carbocycles. The summed E-state index contributed by atoms with van der Waals surface area (Å²) in [4.78, 5) is 2.62. The Labute approximate surface area is 161 Å². The molecule has 27 heavy (non-hydrogen) atoms. The number of hydrogen-bond donors (Lipinski definition) is 1. The Hall–Kier alpha value is -1.52. The molecule has 0 amide bonds. The molecule has 3 fully saturated rings. The van der Waals surface area contributed by atoms with Crippen molar-refractivity contribution in [2.24, 2.45) is 5.92 Å². The first-order valence-corrected chi connectivity index (χ1v) is 10.6. The van der Waals surface area contributed by atoms with Crippen LogP contribution in [0.15, 0.2) is 24.3 Å². The van der Waals surface area contributed by atoms with E-state index in [9.17, 15) is 5.11 Å². The lowest BCUT2D eigenvalue weighted by molar-refractivity contribution is -0.177. The number of nitrogens with zero attached hydrogens (tertiary/aromatic N) is 1. The van der Waals surface area contributed by atoms with Gasteiger partial charge >= 0.3 is 0 Å². The normalized spacial score (nSPS) is 39.6. The van der Waals surface area contributed by atoms with Crippen LogP contribution < -0.4 is 9.47 Å². The highest BCUT2D eigenvalue weighted by Crippen LogP contribution is 2.66. The van der Waals surface area contributed by atoms with E-state index >= 15 is 0 Å². The van der Waals surface area contributed by atoms with E-state index in [1.165, 1.54) is 30.4 Å². The van der Waals surface area contributed by atoms with Crippen molar-refractivity contribution in [3.63, 3.8) is 0 Å². The number of aliphatic hydroxyl groups is 1. The van der Waals surface area contributed by atoms with Gasteiger partial charge in [0, 0.05) is 18.2 Å². The number of benzene rings is 1. The predicted molar refractivity (Wildman–Crippen MR) is 103 cm³/mol. The minimum atomic E-state index is -0.731. The molecule has 0 radical (unpaired) electrons. The Bertz CT molecular complexity index is 831. The third-order valence-corrected chi connectivity index (χ3v) is 8.44. The van der Waals surface area contributed by atoms with Crippen LogP contribution in [-0.4, -0.2) is 48.0 Å². The van der Waals surface area contributed by atoms with Crippen LogP contribution in [0, 0.1) is 5.92 Å². The molecular weight excluding hydrogens is 338 g/mol. The van der Waals surface area contributed by atoms with Gasteiger partial charge in [0.05, 0.1) is 18.1 Å². The first kappa shape index (κ1) is 16.4. The molecule has 6 rings (SSSR count). The molecule has 1 saturated heterocycles. The zero-order valence-corrected chi connectivity index (χ0v) is 16.2. The monoisotopic (exact) mass is 367 g/mol. The summed E-state index contributed by atoms with van der Waals surface area (Å²) in [5.74, 6) is 2.49. The van der Waals surface area contributed by atoms with Crippen molar-refractivity contribution in [3.05, 3.63) is 35.4 Å². The molecule has 1 N–H and O–H groups in total. The van der Waals surface area contributed by atoms with Crippen molar-refractivity contribution in [3.8, 4) is 11.5 Å². The molecule has 1 aromatic rings. The van der Waals surface area contributed by atoms with Gasteiger partial charge < -0.3 is 14.6 Å².